The summed E-state index contributed by atoms with van der Waals surface area (Å²) in [6, 6.07) is 5.93. The Labute approximate surface area is 168 Å². The van der Waals surface area contributed by atoms with Crippen molar-refractivity contribution in [2.24, 2.45) is 0 Å². The molecule has 2 aliphatic heterocycles. The second-order valence-corrected chi connectivity index (χ2v) is 7.11. The van der Waals surface area contributed by atoms with Crippen LogP contribution in [0, 0.1) is 11.3 Å². The predicted octanol–water partition coefficient (Wildman–Crippen LogP) is 3.15. The maximum Gasteiger partial charge on any atom is 0.417 e. The Morgan fingerprint density at radius 2 is 1.97 bits per heavy atom. The van der Waals surface area contributed by atoms with Crippen molar-refractivity contribution in [1.82, 2.24) is 14.9 Å². The molecule has 2 aliphatic rings. The van der Waals surface area contributed by atoms with Gasteiger partial charge >= 0.3 is 12.2 Å². The van der Waals surface area contributed by atoms with Gasteiger partial charge < -0.3 is 9.80 Å². The Bertz CT molecular complexity index is 1010. The number of urea groups is 1. The van der Waals surface area contributed by atoms with Gasteiger partial charge in [-0.15, -0.1) is 0 Å². The number of nitrogens with zero attached hydrogens (tertiary/aromatic N) is 6. The maximum absolute atomic E-state index is 13.3. The molecule has 2 amide bonds. The molecule has 7 nitrogen and oxygen atoms in total. The largest absolute Gasteiger partial charge is 0.417 e. The van der Waals surface area contributed by atoms with Gasteiger partial charge in [0.05, 0.1) is 23.2 Å². The summed E-state index contributed by atoms with van der Waals surface area (Å²) in [7, 11) is 0. The minimum Gasteiger partial charge on any atom is -0.353 e. The van der Waals surface area contributed by atoms with Crippen molar-refractivity contribution in [2.75, 3.05) is 36.0 Å². The third-order valence-corrected chi connectivity index (χ3v) is 5.24. The molecule has 2 fully saturated rings. The number of hydrogen-bond acceptors (Lipinski definition) is 5. The van der Waals surface area contributed by atoms with Crippen LogP contribution in [-0.4, -0.2) is 53.1 Å². The number of nitriles is 1. The minimum atomic E-state index is -4.68. The second kappa shape index (κ2) is 7.08. The number of carbonyl (C=O) groups is 1. The van der Waals surface area contributed by atoms with Crippen LogP contribution in [0.4, 0.5) is 29.5 Å². The molecule has 0 radical (unpaired) electrons. The van der Waals surface area contributed by atoms with Gasteiger partial charge in [-0.05, 0) is 18.2 Å². The van der Waals surface area contributed by atoms with Gasteiger partial charge in [-0.25, -0.2) is 14.8 Å². The summed E-state index contributed by atoms with van der Waals surface area (Å²) in [4.78, 5) is 25.8. The first-order valence-electron chi connectivity index (χ1n) is 8.70. The number of anilines is 2. The van der Waals surface area contributed by atoms with Crippen molar-refractivity contribution in [3.63, 3.8) is 0 Å². The Morgan fingerprint density at radius 3 is 2.66 bits per heavy atom. The number of halogens is 4. The standard InChI is InChI=1S/C18H14ClF3N6O/c19-15-6-16(25-10-24-15)26-3-4-27-13(8-26)9-28(17(27)29)12-2-1-11(7-23)14(5-12)18(20,21)22/h1-2,5-6,10,13H,3-4,8-9H2. The zero-order valence-electron chi connectivity index (χ0n) is 14.9. The zero-order valence-corrected chi connectivity index (χ0v) is 15.7. The van der Waals surface area contributed by atoms with E-state index in [1.807, 2.05) is 4.90 Å². The minimum absolute atomic E-state index is 0.118. The summed E-state index contributed by atoms with van der Waals surface area (Å²) >= 11 is 5.91. The topological polar surface area (TPSA) is 76.4 Å². The normalized spacial score (nSPS) is 19.3. The number of benzene rings is 1. The van der Waals surface area contributed by atoms with E-state index < -0.39 is 17.3 Å². The summed E-state index contributed by atoms with van der Waals surface area (Å²) < 4.78 is 39.8. The molecule has 1 unspecified atom stereocenters. The fourth-order valence-electron chi connectivity index (χ4n) is 3.66. The second-order valence-electron chi connectivity index (χ2n) is 6.72. The van der Waals surface area contributed by atoms with Crippen LogP contribution in [0.2, 0.25) is 5.15 Å². The third kappa shape index (κ3) is 3.53. The molecule has 1 aromatic heterocycles. The quantitative estimate of drug-likeness (QED) is 0.695. The Balaban J connectivity index is 1.58. The van der Waals surface area contributed by atoms with E-state index in [1.54, 1.807) is 17.0 Å². The average Bonchev–Trinajstić information content (AvgIpc) is 3.03. The SMILES string of the molecule is N#Cc1ccc(N2CC3CN(c4cc(Cl)ncn4)CCN3C2=O)cc1C(F)(F)F. The van der Waals surface area contributed by atoms with Gasteiger partial charge in [-0.2, -0.15) is 18.4 Å². The van der Waals surface area contributed by atoms with Crippen LogP contribution in [0.15, 0.2) is 30.6 Å². The van der Waals surface area contributed by atoms with Gasteiger partial charge in [-0.3, -0.25) is 4.90 Å². The highest BCUT2D eigenvalue weighted by Crippen LogP contribution is 2.36. The lowest BCUT2D eigenvalue weighted by Gasteiger charge is -2.36. The van der Waals surface area contributed by atoms with Crippen molar-refractivity contribution < 1.29 is 18.0 Å². The summed E-state index contributed by atoms with van der Waals surface area (Å²) in [5.41, 5.74) is -1.41. The van der Waals surface area contributed by atoms with Crippen molar-refractivity contribution in [1.29, 1.82) is 5.26 Å². The van der Waals surface area contributed by atoms with Crippen LogP contribution in [0.25, 0.3) is 0 Å². The Kier molecular flexibility index (Phi) is 4.70. The van der Waals surface area contributed by atoms with E-state index in [0.29, 0.717) is 30.6 Å². The van der Waals surface area contributed by atoms with Crippen LogP contribution in [0.5, 0.6) is 0 Å². The first kappa shape index (κ1) is 19.3. The molecule has 1 atom stereocenters. The van der Waals surface area contributed by atoms with Gasteiger partial charge in [-0.1, -0.05) is 11.6 Å². The fraction of sp³-hybridized carbons (Fsp3) is 0.333. The molecular weight excluding hydrogens is 409 g/mol. The monoisotopic (exact) mass is 422 g/mol. The number of fused-ring (bicyclic) bond motifs is 1. The first-order valence-corrected chi connectivity index (χ1v) is 9.07. The van der Waals surface area contributed by atoms with Crippen molar-refractivity contribution >= 4 is 29.1 Å². The lowest BCUT2D eigenvalue weighted by atomic mass is 10.1. The zero-order chi connectivity index (χ0) is 20.8. The number of amides is 2. The number of hydrogen-bond donors (Lipinski definition) is 0. The summed E-state index contributed by atoms with van der Waals surface area (Å²) in [6.07, 6.45) is -3.33. The number of carbonyl (C=O) groups excluding carboxylic acids is 1. The van der Waals surface area contributed by atoms with Crippen LogP contribution < -0.4 is 9.80 Å². The Hall–Kier alpha value is -3.06. The lowest BCUT2D eigenvalue weighted by molar-refractivity contribution is -0.137. The summed E-state index contributed by atoms with van der Waals surface area (Å²) in [5.74, 6) is 0.633. The molecule has 3 heterocycles. The molecule has 0 bridgehead atoms. The molecular formula is C18H14ClF3N6O. The van der Waals surface area contributed by atoms with E-state index in [2.05, 4.69) is 9.97 Å². The number of rotatable bonds is 2. The smallest absolute Gasteiger partial charge is 0.353 e. The van der Waals surface area contributed by atoms with E-state index >= 15 is 0 Å². The Morgan fingerprint density at radius 1 is 1.17 bits per heavy atom. The molecule has 4 rings (SSSR count). The number of alkyl halides is 3. The van der Waals surface area contributed by atoms with Gasteiger partial charge in [0.1, 0.15) is 17.3 Å². The molecule has 0 spiro atoms. The highest BCUT2D eigenvalue weighted by Gasteiger charge is 2.42. The van der Waals surface area contributed by atoms with Crippen LogP contribution in [0.1, 0.15) is 11.1 Å². The number of aromatic nitrogens is 2. The van der Waals surface area contributed by atoms with Gasteiger partial charge in [0, 0.05) is 37.9 Å². The van der Waals surface area contributed by atoms with E-state index in [9.17, 15) is 18.0 Å². The number of piperazine rings is 1. The molecule has 11 heteroatoms. The molecule has 150 valence electrons. The van der Waals surface area contributed by atoms with Crippen LogP contribution in [-0.2, 0) is 6.18 Å². The van der Waals surface area contributed by atoms with Crippen LogP contribution >= 0.6 is 11.6 Å². The van der Waals surface area contributed by atoms with Crippen molar-refractivity contribution in [2.45, 2.75) is 12.2 Å². The molecule has 2 aromatic rings. The fourth-order valence-corrected chi connectivity index (χ4v) is 3.80. The molecule has 0 N–H and O–H groups in total. The van der Waals surface area contributed by atoms with Gasteiger partial charge in [0.25, 0.3) is 0 Å². The third-order valence-electron chi connectivity index (χ3n) is 5.04. The summed E-state index contributed by atoms with van der Waals surface area (Å²) in [5, 5.41) is 9.26. The van der Waals surface area contributed by atoms with Crippen molar-refractivity contribution in [3.8, 4) is 6.07 Å². The van der Waals surface area contributed by atoms with E-state index in [-0.39, 0.29) is 24.3 Å². The molecule has 1 aromatic carbocycles. The highest BCUT2D eigenvalue weighted by atomic mass is 35.5. The van der Waals surface area contributed by atoms with E-state index in [0.717, 1.165) is 12.1 Å². The molecule has 2 saturated heterocycles. The predicted molar refractivity (Wildman–Crippen MR) is 98.7 cm³/mol. The van der Waals surface area contributed by atoms with E-state index in [1.165, 1.54) is 17.3 Å². The molecule has 0 saturated carbocycles. The van der Waals surface area contributed by atoms with Gasteiger partial charge in [0.15, 0.2) is 0 Å². The van der Waals surface area contributed by atoms with E-state index in [4.69, 9.17) is 16.9 Å². The molecule has 0 aliphatic carbocycles. The first-order chi connectivity index (χ1) is 13.8. The summed E-state index contributed by atoms with van der Waals surface area (Å²) in [6.45, 7) is 1.63. The molecule has 29 heavy (non-hydrogen) atoms. The average molecular weight is 423 g/mol. The maximum atomic E-state index is 13.3. The lowest BCUT2D eigenvalue weighted by Crippen LogP contribution is -2.52. The van der Waals surface area contributed by atoms with Crippen LogP contribution in [0.3, 0.4) is 0 Å². The highest BCUT2D eigenvalue weighted by molar-refractivity contribution is 6.29. The van der Waals surface area contributed by atoms with Crippen molar-refractivity contribution in [3.05, 3.63) is 46.9 Å². The van der Waals surface area contributed by atoms with Gasteiger partial charge in [0.2, 0.25) is 0 Å².